The summed E-state index contributed by atoms with van der Waals surface area (Å²) in [7, 11) is 3.17. The summed E-state index contributed by atoms with van der Waals surface area (Å²) in [6.45, 7) is 2.16. The molecule has 0 amide bonds. The van der Waals surface area contributed by atoms with E-state index in [0.29, 0.717) is 24.5 Å². The van der Waals surface area contributed by atoms with Gasteiger partial charge < -0.3 is 14.2 Å². The average molecular weight is 287 g/mol. The van der Waals surface area contributed by atoms with Gasteiger partial charge in [0.1, 0.15) is 11.5 Å². The van der Waals surface area contributed by atoms with Crippen molar-refractivity contribution in [1.82, 2.24) is 0 Å². The van der Waals surface area contributed by atoms with Crippen LogP contribution in [0.2, 0.25) is 0 Å². The molecule has 0 aliphatic heterocycles. The molecule has 1 aromatic carbocycles. The molecule has 0 bridgehead atoms. The largest absolute Gasteiger partial charge is 0.497 e. The monoisotopic (exact) mass is 286 g/mol. The first-order valence-electron chi connectivity index (χ1n) is 6.14. The molecule has 1 atom stereocenters. The van der Waals surface area contributed by atoms with Gasteiger partial charge in [0.05, 0.1) is 26.2 Å². The zero-order valence-electron chi connectivity index (χ0n) is 11.4. The number of carbonyl (C=O) groups is 1. The normalized spacial score (nSPS) is 11.8. The van der Waals surface area contributed by atoms with E-state index in [4.69, 9.17) is 25.8 Å². The van der Waals surface area contributed by atoms with E-state index in [9.17, 15) is 4.79 Å². The van der Waals surface area contributed by atoms with Crippen molar-refractivity contribution >= 4 is 17.6 Å². The highest BCUT2D eigenvalue weighted by Gasteiger charge is 2.16. The van der Waals surface area contributed by atoms with Crippen LogP contribution >= 0.6 is 11.6 Å². The maximum Gasteiger partial charge on any atom is 0.305 e. The summed E-state index contributed by atoms with van der Waals surface area (Å²) >= 11 is 6.32. The summed E-state index contributed by atoms with van der Waals surface area (Å²) < 4.78 is 15.3. The van der Waals surface area contributed by atoms with Gasteiger partial charge in [-0.1, -0.05) is 0 Å². The lowest BCUT2D eigenvalue weighted by atomic mass is 10.1. The summed E-state index contributed by atoms with van der Waals surface area (Å²) in [6.07, 6.45) is 0.770. The molecule has 106 valence electrons. The molecular formula is C14H19ClO4. The van der Waals surface area contributed by atoms with E-state index in [0.717, 1.165) is 5.56 Å². The van der Waals surface area contributed by atoms with Crippen molar-refractivity contribution in [2.45, 2.75) is 25.1 Å². The highest BCUT2D eigenvalue weighted by Crippen LogP contribution is 2.35. The van der Waals surface area contributed by atoms with Gasteiger partial charge in [0.2, 0.25) is 0 Å². The molecule has 0 spiro atoms. The second kappa shape index (κ2) is 7.89. The number of carbonyl (C=O) groups excluding carboxylic acids is 1. The number of esters is 1. The van der Waals surface area contributed by atoms with Crippen molar-refractivity contribution in [3.63, 3.8) is 0 Å². The Kier molecular flexibility index (Phi) is 6.50. The summed E-state index contributed by atoms with van der Waals surface area (Å²) in [4.78, 5) is 11.3. The molecule has 0 aromatic heterocycles. The van der Waals surface area contributed by atoms with Crippen LogP contribution in [0, 0.1) is 0 Å². The van der Waals surface area contributed by atoms with Crippen molar-refractivity contribution < 1.29 is 19.0 Å². The lowest BCUT2D eigenvalue weighted by Gasteiger charge is -2.15. The predicted octanol–water partition coefficient (Wildman–Crippen LogP) is 3.33. The summed E-state index contributed by atoms with van der Waals surface area (Å²) in [6, 6.07) is 5.42. The van der Waals surface area contributed by atoms with Gasteiger partial charge in [-0.3, -0.25) is 4.79 Å². The highest BCUT2D eigenvalue weighted by molar-refractivity contribution is 6.21. The fraction of sp³-hybridized carbons (Fsp3) is 0.500. The fourth-order valence-electron chi connectivity index (χ4n) is 1.72. The first-order chi connectivity index (χ1) is 9.12. The van der Waals surface area contributed by atoms with Gasteiger partial charge in [-0.2, -0.15) is 0 Å². The second-order valence-electron chi connectivity index (χ2n) is 3.92. The van der Waals surface area contributed by atoms with Crippen LogP contribution in [0.1, 0.15) is 30.7 Å². The Morgan fingerprint density at radius 3 is 2.63 bits per heavy atom. The Bertz CT molecular complexity index is 420. The number of hydrogen-bond donors (Lipinski definition) is 0. The number of rotatable bonds is 7. The summed E-state index contributed by atoms with van der Waals surface area (Å²) in [5.41, 5.74) is 0.813. The molecule has 4 nitrogen and oxygen atoms in total. The Morgan fingerprint density at radius 2 is 2.05 bits per heavy atom. The minimum atomic E-state index is -0.325. The van der Waals surface area contributed by atoms with Crippen LogP contribution in [0.5, 0.6) is 11.5 Å². The molecule has 0 saturated carbocycles. The number of methoxy groups -OCH3 is 2. The van der Waals surface area contributed by atoms with Crippen molar-refractivity contribution in [1.29, 1.82) is 0 Å². The van der Waals surface area contributed by atoms with Crippen molar-refractivity contribution in [3.8, 4) is 11.5 Å². The Hall–Kier alpha value is -1.42. The average Bonchev–Trinajstić information content (AvgIpc) is 2.44. The number of benzene rings is 1. The SMILES string of the molecule is CCOC(=O)CCC(Cl)c1cc(OC)ccc1OC. The van der Waals surface area contributed by atoms with Gasteiger partial charge in [-0.25, -0.2) is 0 Å². The maximum atomic E-state index is 11.3. The van der Waals surface area contributed by atoms with Crippen LogP contribution in [0.3, 0.4) is 0 Å². The standard InChI is InChI=1S/C14H19ClO4/c1-4-19-14(16)8-6-12(15)11-9-10(17-2)5-7-13(11)18-3/h5,7,9,12H,4,6,8H2,1-3H3. The van der Waals surface area contributed by atoms with Gasteiger partial charge in [0.25, 0.3) is 0 Å². The molecule has 0 radical (unpaired) electrons. The minimum absolute atomic E-state index is 0.241. The molecule has 0 saturated heterocycles. The Balaban J connectivity index is 2.74. The van der Waals surface area contributed by atoms with Crippen LogP contribution in [-0.2, 0) is 9.53 Å². The maximum absolute atomic E-state index is 11.3. The van der Waals surface area contributed by atoms with Crippen molar-refractivity contribution in [2.24, 2.45) is 0 Å². The molecule has 0 aliphatic carbocycles. The van der Waals surface area contributed by atoms with Gasteiger partial charge in [0.15, 0.2) is 0 Å². The van der Waals surface area contributed by atoms with Gasteiger partial charge in [0, 0.05) is 12.0 Å². The molecule has 1 aromatic rings. The zero-order chi connectivity index (χ0) is 14.3. The fourth-order valence-corrected chi connectivity index (χ4v) is 2.00. The molecule has 5 heteroatoms. The van der Waals surface area contributed by atoms with E-state index in [1.54, 1.807) is 33.3 Å². The first kappa shape index (κ1) is 15.6. The van der Waals surface area contributed by atoms with E-state index in [1.807, 2.05) is 6.07 Å². The second-order valence-corrected chi connectivity index (χ2v) is 4.45. The number of ether oxygens (including phenoxy) is 3. The van der Waals surface area contributed by atoms with Gasteiger partial charge >= 0.3 is 5.97 Å². The minimum Gasteiger partial charge on any atom is -0.497 e. The quantitative estimate of drug-likeness (QED) is 0.570. The number of alkyl halides is 1. The van der Waals surface area contributed by atoms with Crippen LogP contribution < -0.4 is 9.47 Å². The molecule has 0 aliphatic rings. The van der Waals surface area contributed by atoms with Crippen LogP contribution in [0.15, 0.2) is 18.2 Å². The third kappa shape index (κ3) is 4.63. The molecule has 19 heavy (non-hydrogen) atoms. The molecule has 1 unspecified atom stereocenters. The van der Waals surface area contributed by atoms with Crippen LogP contribution in [0.4, 0.5) is 0 Å². The first-order valence-corrected chi connectivity index (χ1v) is 6.57. The molecule has 1 rings (SSSR count). The number of hydrogen-bond acceptors (Lipinski definition) is 4. The zero-order valence-corrected chi connectivity index (χ0v) is 12.2. The summed E-state index contributed by atoms with van der Waals surface area (Å²) in [5.74, 6) is 1.15. The van der Waals surface area contributed by atoms with E-state index in [-0.39, 0.29) is 17.8 Å². The molecule has 0 heterocycles. The van der Waals surface area contributed by atoms with Crippen molar-refractivity contribution in [3.05, 3.63) is 23.8 Å². The lowest BCUT2D eigenvalue weighted by Crippen LogP contribution is -2.05. The number of halogens is 1. The van der Waals surface area contributed by atoms with Crippen LogP contribution in [-0.4, -0.2) is 26.8 Å². The third-order valence-electron chi connectivity index (χ3n) is 2.68. The molecule has 0 fully saturated rings. The predicted molar refractivity (Wildman–Crippen MR) is 74.0 cm³/mol. The molecule has 0 N–H and O–H groups in total. The lowest BCUT2D eigenvalue weighted by molar-refractivity contribution is -0.143. The van der Waals surface area contributed by atoms with Gasteiger partial charge in [-0.15, -0.1) is 11.6 Å². The Labute approximate surface area is 118 Å². The van der Waals surface area contributed by atoms with E-state index in [1.165, 1.54) is 0 Å². The smallest absolute Gasteiger partial charge is 0.305 e. The molecular weight excluding hydrogens is 268 g/mol. The van der Waals surface area contributed by atoms with E-state index >= 15 is 0 Å². The van der Waals surface area contributed by atoms with Crippen LogP contribution in [0.25, 0.3) is 0 Å². The topological polar surface area (TPSA) is 44.8 Å². The van der Waals surface area contributed by atoms with Crippen molar-refractivity contribution in [2.75, 3.05) is 20.8 Å². The summed E-state index contributed by atoms with van der Waals surface area (Å²) in [5, 5.41) is -0.325. The van der Waals surface area contributed by atoms with E-state index in [2.05, 4.69) is 0 Å². The third-order valence-corrected chi connectivity index (χ3v) is 3.13. The highest BCUT2D eigenvalue weighted by atomic mass is 35.5. The van der Waals surface area contributed by atoms with Gasteiger partial charge in [-0.05, 0) is 31.5 Å². The Morgan fingerprint density at radius 1 is 1.32 bits per heavy atom. The van der Waals surface area contributed by atoms with E-state index < -0.39 is 0 Å².